The van der Waals surface area contributed by atoms with E-state index in [1.807, 2.05) is 39.9 Å². The molecule has 1 heterocycles. The maximum atomic E-state index is 12.8. The molecule has 1 N–H and O–H groups in total. The number of nitrogens with one attached hydrogen (secondary N) is 1. The molecule has 1 amide bonds. The van der Waals surface area contributed by atoms with Crippen LogP contribution in [0, 0.1) is 0 Å². The van der Waals surface area contributed by atoms with Gasteiger partial charge in [0, 0.05) is 0 Å². The molecule has 1 fully saturated rings. The molecule has 0 saturated carbocycles. The predicted molar refractivity (Wildman–Crippen MR) is 142 cm³/mol. The topological polar surface area (TPSA) is 136 Å². The summed E-state index contributed by atoms with van der Waals surface area (Å²) in [6, 6.07) is 7.62. The molecule has 0 aromatic heterocycles. The van der Waals surface area contributed by atoms with Crippen molar-refractivity contribution in [3.05, 3.63) is 35.9 Å². The molecule has 0 bridgehead atoms. The standard InChI is InChI=1S/C25H41NO10SSi/c1-24(2,3)38(8,9)33-16-18(36-37(7,29)30)20-21(35-25(4,5)34-20)19(22(27)31-6)26-23(28)32-15-17-13-11-10-12-14-17/h10-14,18-21H,15-16H2,1-9H3,(H,26,28)/t18-,19+,20-,21-/m1/s1. The number of rotatable bonds is 11. The zero-order chi connectivity index (χ0) is 28.9. The number of esters is 1. The van der Waals surface area contributed by atoms with Gasteiger partial charge in [-0.15, -0.1) is 0 Å². The molecule has 1 aliphatic rings. The van der Waals surface area contributed by atoms with Crippen LogP contribution in [0.4, 0.5) is 4.79 Å². The third kappa shape index (κ3) is 9.31. The summed E-state index contributed by atoms with van der Waals surface area (Å²) in [6.07, 6.45) is -3.46. The van der Waals surface area contributed by atoms with Crippen LogP contribution in [0.2, 0.25) is 18.1 Å². The number of alkyl carbamates (subject to hydrolysis) is 1. The molecule has 0 radical (unpaired) electrons. The summed E-state index contributed by atoms with van der Waals surface area (Å²) in [5.74, 6) is -2.07. The van der Waals surface area contributed by atoms with Crippen LogP contribution in [0.3, 0.4) is 0 Å². The molecule has 1 aromatic carbocycles. The molecule has 11 nitrogen and oxygen atoms in total. The Morgan fingerprint density at radius 1 is 1.11 bits per heavy atom. The smallest absolute Gasteiger partial charge is 0.408 e. The summed E-state index contributed by atoms with van der Waals surface area (Å²) < 4.78 is 58.3. The highest BCUT2D eigenvalue weighted by molar-refractivity contribution is 7.86. The zero-order valence-electron chi connectivity index (χ0n) is 23.6. The molecule has 0 aliphatic carbocycles. The van der Waals surface area contributed by atoms with Gasteiger partial charge in [-0.2, -0.15) is 8.42 Å². The van der Waals surface area contributed by atoms with Crippen molar-refractivity contribution in [3.8, 4) is 0 Å². The second kappa shape index (κ2) is 12.4. The fraction of sp³-hybridized carbons (Fsp3) is 0.680. The average Bonchev–Trinajstić information content (AvgIpc) is 3.12. The van der Waals surface area contributed by atoms with Gasteiger partial charge < -0.3 is 28.7 Å². The Bertz CT molecular complexity index is 1060. The molecule has 216 valence electrons. The number of amides is 1. The van der Waals surface area contributed by atoms with Crippen molar-refractivity contribution >= 4 is 30.5 Å². The van der Waals surface area contributed by atoms with E-state index < -0.39 is 60.6 Å². The molecular formula is C25H41NO10SSi. The highest BCUT2D eigenvalue weighted by Gasteiger charge is 2.53. The SMILES string of the molecule is COC(=O)[C@@H](NC(=O)OCc1ccccc1)[C@H]1OC(C)(C)O[C@@H]1[C@@H](CO[Si](C)(C)C(C)(C)C)OS(C)(=O)=O. The first-order valence-electron chi connectivity index (χ1n) is 12.3. The molecule has 38 heavy (non-hydrogen) atoms. The minimum Gasteiger partial charge on any atom is -0.467 e. The van der Waals surface area contributed by atoms with E-state index >= 15 is 0 Å². The van der Waals surface area contributed by atoms with E-state index in [1.54, 1.807) is 38.1 Å². The monoisotopic (exact) mass is 575 g/mol. The van der Waals surface area contributed by atoms with E-state index in [9.17, 15) is 18.0 Å². The van der Waals surface area contributed by atoms with Crippen LogP contribution < -0.4 is 5.32 Å². The molecule has 4 atom stereocenters. The van der Waals surface area contributed by atoms with Crippen molar-refractivity contribution in [2.45, 2.75) is 89.5 Å². The van der Waals surface area contributed by atoms with Gasteiger partial charge in [0.25, 0.3) is 10.1 Å². The number of hydrogen-bond donors (Lipinski definition) is 1. The lowest BCUT2D eigenvalue weighted by Crippen LogP contribution is -2.56. The van der Waals surface area contributed by atoms with Crippen molar-refractivity contribution in [3.63, 3.8) is 0 Å². The minimum absolute atomic E-state index is 0.0301. The first kappa shape index (κ1) is 32.2. The van der Waals surface area contributed by atoms with Gasteiger partial charge in [0.05, 0.1) is 20.0 Å². The van der Waals surface area contributed by atoms with Crippen molar-refractivity contribution in [1.29, 1.82) is 0 Å². The van der Waals surface area contributed by atoms with Crippen LogP contribution in [-0.4, -0.2) is 78.9 Å². The van der Waals surface area contributed by atoms with Crippen molar-refractivity contribution in [1.82, 2.24) is 5.32 Å². The van der Waals surface area contributed by atoms with Gasteiger partial charge in [-0.25, -0.2) is 9.59 Å². The van der Waals surface area contributed by atoms with Gasteiger partial charge >= 0.3 is 12.1 Å². The third-order valence-corrected chi connectivity index (χ3v) is 11.6. The maximum absolute atomic E-state index is 12.8. The summed E-state index contributed by atoms with van der Waals surface area (Å²) in [7, 11) is -5.14. The predicted octanol–water partition coefficient (Wildman–Crippen LogP) is 3.34. The Balaban J connectivity index is 2.33. The summed E-state index contributed by atoms with van der Waals surface area (Å²) in [4.78, 5) is 25.5. The van der Waals surface area contributed by atoms with E-state index in [4.69, 9.17) is 27.6 Å². The normalized spacial score (nSPS) is 21.4. The lowest BCUT2D eigenvalue weighted by atomic mass is 10.0. The van der Waals surface area contributed by atoms with Crippen molar-refractivity contribution in [2.75, 3.05) is 20.0 Å². The Labute approximate surface area is 226 Å². The quantitative estimate of drug-likeness (QED) is 0.238. The Hall–Kier alpha value is -2.03. The van der Waals surface area contributed by atoms with Crippen LogP contribution in [0.15, 0.2) is 30.3 Å². The summed E-state index contributed by atoms with van der Waals surface area (Å²) in [5, 5.41) is 2.32. The molecule has 1 saturated heterocycles. The Morgan fingerprint density at radius 2 is 1.68 bits per heavy atom. The number of benzene rings is 1. The van der Waals surface area contributed by atoms with Crippen LogP contribution in [0.1, 0.15) is 40.2 Å². The highest BCUT2D eigenvalue weighted by Crippen LogP contribution is 2.38. The lowest BCUT2D eigenvalue weighted by molar-refractivity contribution is -0.161. The van der Waals surface area contributed by atoms with E-state index in [2.05, 4.69) is 5.32 Å². The summed E-state index contributed by atoms with van der Waals surface area (Å²) in [6.45, 7) is 13.2. The molecule has 0 spiro atoms. The second-order valence-corrected chi connectivity index (χ2v) is 17.6. The van der Waals surface area contributed by atoms with E-state index in [-0.39, 0.29) is 18.3 Å². The fourth-order valence-electron chi connectivity index (χ4n) is 3.57. The molecule has 2 rings (SSSR count). The van der Waals surface area contributed by atoms with Gasteiger partial charge in [-0.3, -0.25) is 4.18 Å². The Kier molecular flexibility index (Phi) is 10.5. The third-order valence-electron chi connectivity index (χ3n) is 6.51. The first-order chi connectivity index (χ1) is 17.4. The lowest BCUT2D eigenvalue weighted by Gasteiger charge is -2.38. The van der Waals surface area contributed by atoms with Gasteiger partial charge in [0.2, 0.25) is 0 Å². The fourth-order valence-corrected chi connectivity index (χ4v) is 5.19. The summed E-state index contributed by atoms with van der Waals surface area (Å²) in [5.41, 5.74) is 0.751. The number of hydrogen-bond acceptors (Lipinski definition) is 10. The van der Waals surface area contributed by atoms with E-state index in [1.165, 1.54) is 0 Å². The largest absolute Gasteiger partial charge is 0.467 e. The van der Waals surface area contributed by atoms with E-state index in [0.29, 0.717) is 0 Å². The number of carbonyl (C=O) groups is 2. The summed E-state index contributed by atoms with van der Waals surface area (Å²) >= 11 is 0. The zero-order valence-corrected chi connectivity index (χ0v) is 25.4. The van der Waals surface area contributed by atoms with Crippen LogP contribution in [-0.2, 0) is 49.1 Å². The molecule has 1 aromatic rings. The van der Waals surface area contributed by atoms with Crippen LogP contribution >= 0.6 is 0 Å². The number of carbonyl (C=O) groups excluding carboxylic acids is 2. The number of methoxy groups -OCH3 is 1. The van der Waals surface area contributed by atoms with Gasteiger partial charge in [0.1, 0.15) is 24.9 Å². The average molecular weight is 576 g/mol. The van der Waals surface area contributed by atoms with Crippen molar-refractivity contribution < 1.29 is 45.6 Å². The first-order valence-corrected chi connectivity index (χ1v) is 17.0. The van der Waals surface area contributed by atoms with Gasteiger partial charge in [-0.05, 0) is 37.5 Å². The molecular weight excluding hydrogens is 534 g/mol. The van der Waals surface area contributed by atoms with E-state index in [0.717, 1.165) is 18.9 Å². The second-order valence-electron chi connectivity index (χ2n) is 11.2. The molecule has 13 heteroatoms. The molecule has 0 unspecified atom stereocenters. The van der Waals surface area contributed by atoms with Gasteiger partial charge in [-0.1, -0.05) is 51.1 Å². The van der Waals surface area contributed by atoms with Crippen LogP contribution in [0.25, 0.3) is 0 Å². The molecule has 1 aliphatic heterocycles. The van der Waals surface area contributed by atoms with Crippen molar-refractivity contribution in [2.24, 2.45) is 0 Å². The maximum Gasteiger partial charge on any atom is 0.408 e. The minimum atomic E-state index is -3.97. The van der Waals surface area contributed by atoms with Gasteiger partial charge in [0.15, 0.2) is 20.1 Å². The Morgan fingerprint density at radius 3 is 2.21 bits per heavy atom. The highest BCUT2D eigenvalue weighted by atomic mass is 32.2. The van der Waals surface area contributed by atoms with Crippen LogP contribution in [0.5, 0.6) is 0 Å². The number of ether oxygens (including phenoxy) is 4.